The molecule has 2 amide bonds. The molecule has 148 valence electrons. The molecule has 0 saturated carbocycles. The Morgan fingerprint density at radius 1 is 1.17 bits per heavy atom. The lowest BCUT2D eigenvalue weighted by Crippen LogP contribution is -2.43. The van der Waals surface area contributed by atoms with Gasteiger partial charge in [0.25, 0.3) is 0 Å². The summed E-state index contributed by atoms with van der Waals surface area (Å²) >= 11 is 0. The Balaban J connectivity index is 1.61. The zero-order chi connectivity index (χ0) is 20.4. The molecule has 3 N–H and O–H groups in total. The number of hydrogen-bond donors (Lipinski definition) is 3. The first-order chi connectivity index (χ1) is 14.1. The summed E-state index contributed by atoms with van der Waals surface area (Å²) in [7, 11) is 1.61. The molecule has 0 saturated heterocycles. The number of ether oxygens (including phenoxy) is 1. The monoisotopic (exact) mass is 392 g/mol. The number of benzene rings is 2. The van der Waals surface area contributed by atoms with Gasteiger partial charge in [-0.05, 0) is 42.0 Å². The molecule has 0 spiro atoms. The van der Waals surface area contributed by atoms with Gasteiger partial charge in [0.15, 0.2) is 0 Å². The molecule has 3 aromatic rings. The second kappa shape index (κ2) is 7.67. The molecule has 1 aliphatic rings. The predicted molar refractivity (Wildman–Crippen MR) is 106 cm³/mol. The molecule has 0 bridgehead atoms. The zero-order valence-electron chi connectivity index (χ0n) is 15.8. The van der Waals surface area contributed by atoms with Gasteiger partial charge in [-0.15, -0.1) is 0 Å². The van der Waals surface area contributed by atoms with Crippen LogP contribution >= 0.6 is 0 Å². The van der Waals surface area contributed by atoms with Crippen molar-refractivity contribution in [2.75, 3.05) is 19.0 Å². The van der Waals surface area contributed by atoms with Gasteiger partial charge in [0.2, 0.25) is 0 Å². The van der Waals surface area contributed by atoms with E-state index in [9.17, 15) is 9.59 Å². The minimum atomic E-state index is -1.01. The van der Waals surface area contributed by atoms with Crippen molar-refractivity contribution < 1.29 is 19.4 Å². The van der Waals surface area contributed by atoms with Crippen molar-refractivity contribution >= 4 is 17.7 Å². The van der Waals surface area contributed by atoms with Crippen LogP contribution in [0.1, 0.15) is 33.4 Å². The summed E-state index contributed by atoms with van der Waals surface area (Å²) in [5, 5.41) is 11.9. The molecule has 0 radical (unpaired) electrons. The van der Waals surface area contributed by atoms with Crippen molar-refractivity contribution in [1.82, 2.24) is 14.9 Å². The first kappa shape index (κ1) is 18.5. The highest BCUT2D eigenvalue weighted by Gasteiger charge is 2.34. The number of imidazole rings is 1. The summed E-state index contributed by atoms with van der Waals surface area (Å²) in [5.74, 6) is -0.272. The summed E-state index contributed by atoms with van der Waals surface area (Å²) in [4.78, 5) is 33.4. The Morgan fingerprint density at radius 2 is 1.90 bits per heavy atom. The lowest BCUT2D eigenvalue weighted by atomic mass is 9.96. The summed E-state index contributed by atoms with van der Waals surface area (Å²) in [6, 6.07) is 13.0. The fourth-order valence-corrected chi connectivity index (χ4v) is 3.51. The van der Waals surface area contributed by atoms with Gasteiger partial charge in [0.05, 0.1) is 24.7 Å². The van der Waals surface area contributed by atoms with Gasteiger partial charge in [-0.25, -0.2) is 14.6 Å². The standard InChI is InChI=1S/C21H20N4O4/c1-29-16-8-4-13(5-9-16)19-18-17(22-12-23-18)10-11-25(19)21(28)24-15-6-2-14(3-7-15)20(26)27/h2-9,12,19H,10-11H2,1H3,(H,22,23)(H,24,28)(H,26,27). The van der Waals surface area contributed by atoms with E-state index in [1.165, 1.54) is 12.1 Å². The van der Waals surface area contributed by atoms with Crippen molar-refractivity contribution in [3.8, 4) is 5.75 Å². The number of aromatic amines is 1. The van der Waals surface area contributed by atoms with E-state index in [2.05, 4.69) is 15.3 Å². The number of hydrogen-bond acceptors (Lipinski definition) is 4. The van der Waals surface area contributed by atoms with Crippen molar-refractivity contribution in [2.45, 2.75) is 12.5 Å². The Labute approximate surface area is 167 Å². The van der Waals surface area contributed by atoms with E-state index in [1.807, 2.05) is 24.3 Å². The van der Waals surface area contributed by atoms with E-state index in [-0.39, 0.29) is 17.6 Å². The number of nitrogens with zero attached hydrogens (tertiary/aromatic N) is 2. The van der Waals surface area contributed by atoms with Crippen LogP contribution in [-0.2, 0) is 6.42 Å². The quantitative estimate of drug-likeness (QED) is 0.631. The van der Waals surface area contributed by atoms with Crippen LogP contribution in [0, 0.1) is 0 Å². The number of carboxylic acids is 1. The van der Waals surface area contributed by atoms with Gasteiger partial charge >= 0.3 is 12.0 Å². The number of fused-ring (bicyclic) bond motifs is 1. The third kappa shape index (κ3) is 3.64. The van der Waals surface area contributed by atoms with Gasteiger partial charge in [0.1, 0.15) is 11.8 Å². The number of carboxylic acid groups (broad SMARTS) is 1. The topological polar surface area (TPSA) is 108 Å². The van der Waals surface area contributed by atoms with E-state index >= 15 is 0 Å². The minimum absolute atomic E-state index is 0.165. The largest absolute Gasteiger partial charge is 0.497 e. The van der Waals surface area contributed by atoms with Gasteiger partial charge in [-0.3, -0.25) is 0 Å². The first-order valence-electron chi connectivity index (χ1n) is 9.14. The normalized spacial score (nSPS) is 15.5. The summed E-state index contributed by atoms with van der Waals surface area (Å²) < 4.78 is 5.23. The number of anilines is 1. The fourth-order valence-electron chi connectivity index (χ4n) is 3.51. The molecular formula is C21H20N4O4. The average Bonchev–Trinajstić information content (AvgIpc) is 3.22. The number of carbonyl (C=O) groups is 2. The third-order valence-corrected chi connectivity index (χ3v) is 5.00. The average molecular weight is 392 g/mol. The van der Waals surface area contributed by atoms with E-state index in [0.29, 0.717) is 18.7 Å². The molecular weight excluding hydrogens is 372 g/mol. The molecule has 1 atom stereocenters. The van der Waals surface area contributed by atoms with Crippen LogP contribution in [0.3, 0.4) is 0 Å². The summed E-state index contributed by atoms with van der Waals surface area (Å²) in [6.07, 6.45) is 2.32. The highest BCUT2D eigenvalue weighted by molar-refractivity contribution is 5.92. The van der Waals surface area contributed by atoms with Crippen molar-refractivity contribution in [3.63, 3.8) is 0 Å². The lowest BCUT2D eigenvalue weighted by Gasteiger charge is -2.35. The molecule has 2 heterocycles. The van der Waals surface area contributed by atoms with Crippen LogP contribution in [0.25, 0.3) is 0 Å². The maximum Gasteiger partial charge on any atom is 0.335 e. The lowest BCUT2D eigenvalue weighted by molar-refractivity contribution is 0.0697. The molecule has 0 fully saturated rings. The van der Waals surface area contributed by atoms with Crippen LogP contribution in [0.15, 0.2) is 54.9 Å². The maximum absolute atomic E-state index is 13.1. The molecule has 1 unspecified atom stereocenters. The highest BCUT2D eigenvalue weighted by Crippen LogP contribution is 2.34. The Bertz CT molecular complexity index is 1030. The molecule has 8 nitrogen and oxygen atoms in total. The SMILES string of the molecule is COc1ccc(C2c3nc[nH]c3CCN2C(=O)Nc2ccc(C(=O)O)cc2)cc1. The van der Waals surface area contributed by atoms with Crippen LogP contribution in [-0.4, -0.2) is 45.6 Å². The molecule has 29 heavy (non-hydrogen) atoms. The number of amides is 2. The second-order valence-corrected chi connectivity index (χ2v) is 6.70. The summed E-state index contributed by atoms with van der Waals surface area (Å²) in [6.45, 7) is 0.519. The van der Waals surface area contributed by atoms with Crippen molar-refractivity contribution in [3.05, 3.63) is 77.4 Å². The number of rotatable bonds is 4. The highest BCUT2D eigenvalue weighted by atomic mass is 16.5. The van der Waals surface area contributed by atoms with Gasteiger partial charge < -0.3 is 25.0 Å². The van der Waals surface area contributed by atoms with Crippen molar-refractivity contribution in [2.24, 2.45) is 0 Å². The van der Waals surface area contributed by atoms with Crippen LogP contribution in [0.5, 0.6) is 5.75 Å². The third-order valence-electron chi connectivity index (χ3n) is 5.00. The van der Waals surface area contributed by atoms with Crippen LogP contribution < -0.4 is 10.1 Å². The van der Waals surface area contributed by atoms with Crippen molar-refractivity contribution in [1.29, 1.82) is 0 Å². The van der Waals surface area contributed by atoms with E-state index in [4.69, 9.17) is 9.84 Å². The second-order valence-electron chi connectivity index (χ2n) is 6.70. The molecule has 1 aromatic heterocycles. The van der Waals surface area contributed by atoms with Crippen LogP contribution in [0.4, 0.5) is 10.5 Å². The van der Waals surface area contributed by atoms with E-state index in [0.717, 1.165) is 22.7 Å². The van der Waals surface area contributed by atoms with Gasteiger partial charge in [-0.2, -0.15) is 0 Å². The number of H-pyrrole nitrogens is 1. The molecule has 8 heteroatoms. The molecule has 2 aromatic carbocycles. The van der Waals surface area contributed by atoms with Gasteiger partial charge in [0, 0.05) is 24.3 Å². The Hall–Kier alpha value is -3.81. The minimum Gasteiger partial charge on any atom is -0.497 e. The van der Waals surface area contributed by atoms with E-state index < -0.39 is 5.97 Å². The fraction of sp³-hybridized carbons (Fsp3) is 0.190. The van der Waals surface area contributed by atoms with Crippen LogP contribution in [0.2, 0.25) is 0 Å². The smallest absolute Gasteiger partial charge is 0.335 e. The molecule has 1 aliphatic heterocycles. The number of nitrogens with one attached hydrogen (secondary N) is 2. The number of urea groups is 1. The van der Waals surface area contributed by atoms with E-state index in [1.54, 1.807) is 30.5 Å². The number of aromatic nitrogens is 2. The Kier molecular flexibility index (Phi) is 4.90. The number of aromatic carboxylic acids is 1. The zero-order valence-corrected chi connectivity index (χ0v) is 15.8. The molecule has 4 rings (SSSR count). The predicted octanol–water partition coefficient (Wildman–Crippen LogP) is 3.30. The maximum atomic E-state index is 13.1. The Morgan fingerprint density at radius 3 is 2.55 bits per heavy atom. The first-order valence-corrected chi connectivity index (χ1v) is 9.14. The number of methoxy groups -OCH3 is 1. The molecule has 0 aliphatic carbocycles. The number of carbonyl (C=O) groups excluding carboxylic acids is 1. The van der Waals surface area contributed by atoms with Gasteiger partial charge in [-0.1, -0.05) is 12.1 Å². The summed E-state index contributed by atoms with van der Waals surface area (Å²) in [5.41, 5.74) is 3.45.